The van der Waals surface area contributed by atoms with Gasteiger partial charge in [0.2, 0.25) is 0 Å². The fourth-order valence-electron chi connectivity index (χ4n) is 3.11. The summed E-state index contributed by atoms with van der Waals surface area (Å²) < 4.78 is 43.7. The topological polar surface area (TPSA) is 60.7 Å². The molecule has 0 radical (unpaired) electrons. The van der Waals surface area contributed by atoms with Gasteiger partial charge in [-0.3, -0.25) is 4.79 Å². The molecule has 7 heteroatoms. The Kier molecular flexibility index (Phi) is 5.08. The Morgan fingerprint density at radius 1 is 1.11 bits per heavy atom. The summed E-state index contributed by atoms with van der Waals surface area (Å²) in [5.74, 6) is -0.294. The van der Waals surface area contributed by atoms with Crippen LogP contribution in [0.4, 0.5) is 8.78 Å². The number of nitrogens with one attached hydrogen (secondary N) is 1. The maximum atomic E-state index is 13.8. The number of carbonyl (C=O) groups is 1. The van der Waals surface area contributed by atoms with Gasteiger partial charge in [-0.2, -0.15) is 0 Å². The molecule has 144 valence electrons. The van der Waals surface area contributed by atoms with E-state index in [1.54, 1.807) is 24.3 Å². The molecule has 0 atom stereocenters. The molecule has 0 unspecified atom stereocenters. The number of halogens is 2. The Bertz CT molecular complexity index is 1020. The predicted molar refractivity (Wildman–Crippen MR) is 96.8 cm³/mol. The highest BCUT2D eigenvalue weighted by molar-refractivity contribution is 5.92. The standard InChI is InChI=1S/C21H17F2NO4/c22-15-9-13(20-14(10-15)11-26-12-27-20)7-8-24-21(25)19-6-5-18(28-19)16-3-1-2-4-17(16)23/h1-6,9-10H,7-8,11-12H2,(H,24,25). The van der Waals surface area contributed by atoms with Crippen LogP contribution in [0.25, 0.3) is 11.3 Å². The minimum atomic E-state index is -0.433. The van der Waals surface area contributed by atoms with Crippen molar-refractivity contribution in [2.45, 2.75) is 13.0 Å². The van der Waals surface area contributed by atoms with Gasteiger partial charge in [0.05, 0.1) is 12.2 Å². The summed E-state index contributed by atoms with van der Waals surface area (Å²) in [6, 6.07) is 12.0. The maximum absolute atomic E-state index is 13.8. The van der Waals surface area contributed by atoms with Crippen LogP contribution < -0.4 is 10.1 Å². The first-order valence-corrected chi connectivity index (χ1v) is 8.76. The van der Waals surface area contributed by atoms with Crippen molar-refractivity contribution in [3.63, 3.8) is 0 Å². The molecule has 1 aromatic heterocycles. The van der Waals surface area contributed by atoms with Gasteiger partial charge in [0.1, 0.15) is 23.1 Å². The van der Waals surface area contributed by atoms with E-state index in [0.29, 0.717) is 23.3 Å². The molecule has 1 N–H and O–H groups in total. The molecule has 0 aliphatic carbocycles. The number of hydrogen-bond acceptors (Lipinski definition) is 4. The number of amides is 1. The zero-order valence-electron chi connectivity index (χ0n) is 14.8. The van der Waals surface area contributed by atoms with Crippen molar-refractivity contribution in [3.05, 3.63) is 77.1 Å². The highest BCUT2D eigenvalue weighted by Crippen LogP contribution is 2.29. The predicted octanol–water partition coefficient (Wildman–Crippen LogP) is 4.06. The number of ether oxygens (including phenoxy) is 2. The van der Waals surface area contributed by atoms with Gasteiger partial charge in [-0.25, -0.2) is 8.78 Å². The van der Waals surface area contributed by atoms with Gasteiger partial charge in [0.25, 0.3) is 5.91 Å². The molecule has 28 heavy (non-hydrogen) atoms. The molecule has 2 heterocycles. The molecular weight excluding hydrogens is 368 g/mol. The summed E-state index contributed by atoms with van der Waals surface area (Å²) in [6.07, 6.45) is 0.382. The van der Waals surface area contributed by atoms with Gasteiger partial charge in [0.15, 0.2) is 12.6 Å². The maximum Gasteiger partial charge on any atom is 0.287 e. The van der Waals surface area contributed by atoms with Crippen LogP contribution in [0, 0.1) is 11.6 Å². The van der Waals surface area contributed by atoms with E-state index in [4.69, 9.17) is 13.9 Å². The Hall–Kier alpha value is -3.19. The summed E-state index contributed by atoms with van der Waals surface area (Å²) >= 11 is 0. The van der Waals surface area contributed by atoms with Crippen LogP contribution in [0.15, 0.2) is 52.9 Å². The zero-order valence-corrected chi connectivity index (χ0v) is 14.8. The molecular formula is C21H17F2NO4. The fraction of sp³-hybridized carbons (Fsp3) is 0.190. The lowest BCUT2D eigenvalue weighted by atomic mass is 10.1. The van der Waals surface area contributed by atoms with E-state index in [9.17, 15) is 13.6 Å². The van der Waals surface area contributed by atoms with Gasteiger partial charge < -0.3 is 19.2 Å². The molecule has 0 spiro atoms. The first-order chi connectivity index (χ1) is 13.6. The summed E-state index contributed by atoms with van der Waals surface area (Å²) in [6.45, 7) is 0.662. The van der Waals surface area contributed by atoms with E-state index in [2.05, 4.69) is 5.32 Å². The van der Waals surface area contributed by atoms with Crippen LogP contribution in [0.1, 0.15) is 21.7 Å². The monoisotopic (exact) mass is 385 g/mol. The van der Waals surface area contributed by atoms with Crippen LogP contribution in [-0.4, -0.2) is 19.2 Å². The number of hydrogen-bond donors (Lipinski definition) is 1. The second kappa shape index (κ2) is 7.82. The lowest BCUT2D eigenvalue weighted by Crippen LogP contribution is -2.25. The van der Waals surface area contributed by atoms with Crippen LogP contribution in [0.5, 0.6) is 5.75 Å². The molecule has 2 aromatic carbocycles. The Balaban J connectivity index is 1.41. The van der Waals surface area contributed by atoms with Crippen molar-refractivity contribution in [3.8, 4) is 17.1 Å². The number of furan rings is 1. The van der Waals surface area contributed by atoms with Crippen molar-refractivity contribution in [2.24, 2.45) is 0 Å². The van der Waals surface area contributed by atoms with Crippen LogP contribution in [0.3, 0.4) is 0 Å². The van der Waals surface area contributed by atoms with Crippen LogP contribution in [0.2, 0.25) is 0 Å². The lowest BCUT2D eigenvalue weighted by Gasteiger charge is -2.20. The van der Waals surface area contributed by atoms with Crippen molar-refractivity contribution < 1.29 is 27.5 Å². The van der Waals surface area contributed by atoms with E-state index < -0.39 is 11.7 Å². The van der Waals surface area contributed by atoms with Crippen LogP contribution >= 0.6 is 0 Å². The van der Waals surface area contributed by atoms with Crippen molar-refractivity contribution in [2.75, 3.05) is 13.3 Å². The Labute approximate surface area is 159 Å². The second-order valence-electron chi connectivity index (χ2n) is 6.31. The third-order valence-electron chi connectivity index (χ3n) is 4.40. The van der Waals surface area contributed by atoms with Crippen LogP contribution in [-0.2, 0) is 17.8 Å². The SMILES string of the molecule is O=C(NCCc1cc(F)cc2c1OCOC2)c1ccc(-c2ccccc2F)o1. The number of carbonyl (C=O) groups excluding carboxylic acids is 1. The van der Waals surface area contributed by atoms with E-state index in [0.717, 1.165) is 0 Å². The molecule has 1 aliphatic heterocycles. The third kappa shape index (κ3) is 3.75. The summed E-state index contributed by atoms with van der Waals surface area (Å²) in [5.41, 5.74) is 1.59. The molecule has 0 bridgehead atoms. The number of fused-ring (bicyclic) bond motifs is 1. The molecule has 0 saturated carbocycles. The minimum absolute atomic E-state index is 0.0733. The molecule has 1 amide bonds. The second-order valence-corrected chi connectivity index (χ2v) is 6.31. The zero-order chi connectivity index (χ0) is 19.5. The minimum Gasteiger partial charge on any atom is -0.467 e. The molecule has 0 fully saturated rings. The van der Waals surface area contributed by atoms with Crippen molar-refractivity contribution >= 4 is 5.91 Å². The van der Waals surface area contributed by atoms with E-state index in [1.165, 1.54) is 24.3 Å². The number of benzene rings is 2. The normalized spacial score (nSPS) is 12.9. The molecule has 3 aromatic rings. The van der Waals surface area contributed by atoms with Crippen molar-refractivity contribution in [1.29, 1.82) is 0 Å². The van der Waals surface area contributed by atoms with E-state index in [1.807, 2.05) is 0 Å². The molecule has 1 aliphatic rings. The number of rotatable bonds is 5. The largest absolute Gasteiger partial charge is 0.467 e. The van der Waals surface area contributed by atoms with Gasteiger partial charge in [-0.1, -0.05) is 12.1 Å². The average Bonchev–Trinajstić information content (AvgIpc) is 3.18. The van der Waals surface area contributed by atoms with Gasteiger partial charge in [-0.15, -0.1) is 0 Å². The highest BCUT2D eigenvalue weighted by atomic mass is 19.1. The first-order valence-electron chi connectivity index (χ1n) is 8.76. The molecule has 5 nitrogen and oxygen atoms in total. The van der Waals surface area contributed by atoms with Gasteiger partial charge >= 0.3 is 0 Å². The summed E-state index contributed by atoms with van der Waals surface area (Å²) in [7, 11) is 0. The summed E-state index contributed by atoms with van der Waals surface area (Å²) in [5, 5.41) is 2.72. The first kappa shape index (κ1) is 18.2. The fourth-order valence-corrected chi connectivity index (χ4v) is 3.11. The lowest BCUT2D eigenvalue weighted by molar-refractivity contribution is -0.0172. The molecule has 0 saturated heterocycles. The Morgan fingerprint density at radius 2 is 1.96 bits per heavy atom. The molecule has 4 rings (SSSR count). The van der Waals surface area contributed by atoms with Gasteiger partial charge in [-0.05, 0) is 48.4 Å². The van der Waals surface area contributed by atoms with Crippen molar-refractivity contribution in [1.82, 2.24) is 5.32 Å². The smallest absolute Gasteiger partial charge is 0.287 e. The average molecular weight is 385 g/mol. The van der Waals surface area contributed by atoms with E-state index >= 15 is 0 Å². The third-order valence-corrected chi connectivity index (χ3v) is 4.40. The highest BCUT2D eigenvalue weighted by Gasteiger charge is 2.18. The van der Waals surface area contributed by atoms with E-state index in [-0.39, 0.29) is 42.8 Å². The van der Waals surface area contributed by atoms with Gasteiger partial charge in [0, 0.05) is 12.1 Å². The Morgan fingerprint density at radius 3 is 2.82 bits per heavy atom. The quantitative estimate of drug-likeness (QED) is 0.720. The summed E-state index contributed by atoms with van der Waals surface area (Å²) in [4.78, 5) is 12.3.